The first-order chi connectivity index (χ1) is 11.3. The number of hydrogen-bond acceptors (Lipinski definition) is 6. The number of rotatable bonds is 6. The Morgan fingerprint density at radius 1 is 1.33 bits per heavy atom. The summed E-state index contributed by atoms with van der Waals surface area (Å²) < 4.78 is 11.3. The molecule has 130 valence electrons. The number of amides is 1. The summed E-state index contributed by atoms with van der Waals surface area (Å²) in [7, 11) is 0. The van der Waals surface area contributed by atoms with Gasteiger partial charge in [0.15, 0.2) is 0 Å². The first-order valence-corrected chi connectivity index (χ1v) is 8.72. The van der Waals surface area contributed by atoms with E-state index in [2.05, 4.69) is 15.5 Å². The highest BCUT2D eigenvalue weighted by Crippen LogP contribution is 2.31. The molecule has 0 aliphatic heterocycles. The van der Waals surface area contributed by atoms with Crippen LogP contribution < -0.4 is 10.1 Å². The largest absolute Gasteiger partial charge is 0.493 e. The fraction of sp³-hybridized carbons (Fsp3) is 0.471. The summed E-state index contributed by atoms with van der Waals surface area (Å²) in [6.07, 6.45) is 0. The predicted octanol–water partition coefficient (Wildman–Crippen LogP) is 3.53. The van der Waals surface area contributed by atoms with Crippen molar-refractivity contribution in [2.45, 2.75) is 50.6 Å². The lowest BCUT2D eigenvalue weighted by molar-refractivity contribution is -0.121. The van der Waals surface area contributed by atoms with Gasteiger partial charge in [-0.25, -0.2) is 0 Å². The van der Waals surface area contributed by atoms with Gasteiger partial charge in [0.05, 0.1) is 17.4 Å². The molecule has 1 aromatic carbocycles. The zero-order valence-corrected chi connectivity index (χ0v) is 15.4. The van der Waals surface area contributed by atoms with Gasteiger partial charge in [0.1, 0.15) is 5.75 Å². The van der Waals surface area contributed by atoms with E-state index in [0.29, 0.717) is 23.5 Å². The fourth-order valence-corrected chi connectivity index (χ4v) is 2.65. The second kappa shape index (κ2) is 7.70. The van der Waals surface area contributed by atoms with Gasteiger partial charge in [-0.15, -0.1) is 10.2 Å². The number of nitrogens with zero attached hydrogens (tertiary/aromatic N) is 2. The number of thioether (sulfide) groups is 1. The summed E-state index contributed by atoms with van der Waals surface area (Å²) in [5.74, 6) is 1.01. The number of para-hydroxylation sites is 1. The molecule has 0 aliphatic rings. The number of aromatic nitrogens is 2. The Hall–Kier alpha value is -2.02. The summed E-state index contributed by atoms with van der Waals surface area (Å²) in [5.41, 5.74) is 0.466. The Balaban J connectivity index is 2.10. The Kier molecular flexibility index (Phi) is 5.88. The van der Waals surface area contributed by atoms with Crippen LogP contribution in [0.4, 0.5) is 0 Å². The van der Waals surface area contributed by atoms with Gasteiger partial charge in [-0.3, -0.25) is 4.79 Å². The van der Waals surface area contributed by atoms with Crippen LogP contribution in [0.15, 0.2) is 33.9 Å². The second-order valence-corrected chi connectivity index (χ2v) is 7.59. The van der Waals surface area contributed by atoms with Crippen molar-refractivity contribution in [3.05, 3.63) is 24.3 Å². The molecular weight excluding hydrogens is 326 g/mol. The number of benzene rings is 1. The third-order valence-electron chi connectivity index (χ3n) is 2.97. The van der Waals surface area contributed by atoms with E-state index in [4.69, 9.17) is 9.15 Å². The monoisotopic (exact) mass is 349 g/mol. The molecule has 0 saturated heterocycles. The van der Waals surface area contributed by atoms with Crippen LogP contribution >= 0.6 is 11.8 Å². The minimum atomic E-state index is -0.334. The minimum absolute atomic E-state index is 0.0676. The van der Waals surface area contributed by atoms with E-state index in [1.807, 2.05) is 58.9 Å². The fourth-order valence-electron chi connectivity index (χ4n) is 1.97. The maximum absolute atomic E-state index is 12.1. The highest BCUT2D eigenvalue weighted by atomic mass is 32.2. The topological polar surface area (TPSA) is 77.2 Å². The van der Waals surface area contributed by atoms with Gasteiger partial charge in [-0.1, -0.05) is 23.9 Å². The van der Waals surface area contributed by atoms with Gasteiger partial charge >= 0.3 is 0 Å². The van der Waals surface area contributed by atoms with Crippen LogP contribution in [0.1, 0.15) is 34.6 Å². The van der Waals surface area contributed by atoms with Crippen LogP contribution in [0.2, 0.25) is 0 Å². The molecule has 1 atom stereocenters. The van der Waals surface area contributed by atoms with Gasteiger partial charge in [0, 0.05) is 5.54 Å². The van der Waals surface area contributed by atoms with Crippen molar-refractivity contribution in [2.24, 2.45) is 0 Å². The molecule has 0 bridgehead atoms. The van der Waals surface area contributed by atoms with Gasteiger partial charge in [0.25, 0.3) is 11.1 Å². The molecule has 0 fully saturated rings. The number of nitrogens with one attached hydrogen (secondary N) is 1. The minimum Gasteiger partial charge on any atom is -0.493 e. The van der Waals surface area contributed by atoms with E-state index in [0.717, 1.165) is 5.56 Å². The molecule has 1 aromatic heterocycles. The zero-order chi connectivity index (χ0) is 17.7. The molecule has 0 aliphatic carbocycles. The van der Waals surface area contributed by atoms with Crippen molar-refractivity contribution >= 4 is 17.7 Å². The van der Waals surface area contributed by atoms with Gasteiger partial charge in [0.2, 0.25) is 5.91 Å². The smallest absolute Gasteiger partial charge is 0.277 e. The summed E-state index contributed by atoms with van der Waals surface area (Å²) in [6.45, 7) is 10.1. The Morgan fingerprint density at radius 2 is 2.04 bits per heavy atom. The molecule has 1 amide bonds. The number of ether oxygens (including phenoxy) is 1. The second-order valence-electron chi connectivity index (χ2n) is 6.30. The molecule has 2 rings (SSSR count). The molecule has 0 saturated carbocycles. The van der Waals surface area contributed by atoms with Crippen molar-refractivity contribution in [1.82, 2.24) is 15.5 Å². The maximum atomic E-state index is 12.1. The van der Waals surface area contributed by atoms with E-state index in [-0.39, 0.29) is 16.7 Å². The third-order valence-corrected chi connectivity index (χ3v) is 3.90. The number of carbonyl (C=O) groups excluding carboxylic acids is 1. The maximum Gasteiger partial charge on any atom is 0.277 e. The highest BCUT2D eigenvalue weighted by molar-refractivity contribution is 8.00. The Labute approximate surface area is 146 Å². The molecular formula is C17H23N3O3S. The lowest BCUT2D eigenvalue weighted by atomic mass is 10.1. The van der Waals surface area contributed by atoms with Crippen LogP contribution in [0.5, 0.6) is 5.75 Å². The summed E-state index contributed by atoms with van der Waals surface area (Å²) in [5, 5.41) is 11.0. The summed E-state index contributed by atoms with van der Waals surface area (Å²) in [4.78, 5) is 12.1. The first-order valence-electron chi connectivity index (χ1n) is 7.84. The standard InChI is InChI=1S/C17H23N3O3S/c1-6-22-13-10-8-7-9-12(13)15-19-20-16(23-15)24-11(2)14(21)18-17(3,4)5/h7-11H,6H2,1-5H3,(H,18,21). The van der Waals surface area contributed by atoms with E-state index in [9.17, 15) is 4.79 Å². The van der Waals surface area contributed by atoms with Crippen LogP contribution in [-0.2, 0) is 4.79 Å². The van der Waals surface area contributed by atoms with Crippen molar-refractivity contribution in [3.63, 3.8) is 0 Å². The Bertz CT molecular complexity index is 694. The van der Waals surface area contributed by atoms with Crippen LogP contribution in [0, 0.1) is 0 Å². The molecule has 6 nitrogen and oxygen atoms in total. The van der Waals surface area contributed by atoms with Crippen molar-refractivity contribution in [3.8, 4) is 17.2 Å². The normalized spacial score (nSPS) is 12.7. The van der Waals surface area contributed by atoms with Crippen LogP contribution in [0.25, 0.3) is 11.5 Å². The van der Waals surface area contributed by atoms with Gasteiger partial charge in [-0.05, 0) is 46.8 Å². The molecule has 24 heavy (non-hydrogen) atoms. The first kappa shape index (κ1) is 18.3. The SMILES string of the molecule is CCOc1ccccc1-c1nnc(SC(C)C(=O)NC(C)(C)C)o1. The lowest BCUT2D eigenvalue weighted by Gasteiger charge is -2.22. The Morgan fingerprint density at radius 3 is 2.71 bits per heavy atom. The number of carbonyl (C=O) groups is 1. The average molecular weight is 349 g/mol. The van der Waals surface area contributed by atoms with Gasteiger partial charge in [-0.2, -0.15) is 0 Å². The van der Waals surface area contributed by atoms with Crippen molar-refractivity contribution < 1.29 is 13.9 Å². The summed E-state index contributed by atoms with van der Waals surface area (Å²) >= 11 is 1.23. The third kappa shape index (κ3) is 4.99. The quantitative estimate of drug-likeness (QED) is 0.804. The van der Waals surface area contributed by atoms with Crippen molar-refractivity contribution in [2.75, 3.05) is 6.61 Å². The molecule has 0 spiro atoms. The van der Waals surface area contributed by atoms with Crippen LogP contribution in [0.3, 0.4) is 0 Å². The van der Waals surface area contributed by atoms with E-state index in [1.165, 1.54) is 11.8 Å². The van der Waals surface area contributed by atoms with Crippen molar-refractivity contribution in [1.29, 1.82) is 0 Å². The molecule has 2 aromatic rings. The van der Waals surface area contributed by atoms with Gasteiger partial charge < -0.3 is 14.5 Å². The van der Waals surface area contributed by atoms with E-state index in [1.54, 1.807) is 0 Å². The van der Waals surface area contributed by atoms with E-state index >= 15 is 0 Å². The molecule has 1 N–H and O–H groups in total. The molecule has 0 radical (unpaired) electrons. The van der Waals surface area contributed by atoms with E-state index < -0.39 is 0 Å². The summed E-state index contributed by atoms with van der Waals surface area (Å²) in [6, 6.07) is 7.49. The highest BCUT2D eigenvalue weighted by Gasteiger charge is 2.23. The predicted molar refractivity (Wildman–Crippen MR) is 94.1 cm³/mol. The lowest BCUT2D eigenvalue weighted by Crippen LogP contribution is -2.44. The van der Waals surface area contributed by atoms with Crippen LogP contribution in [-0.4, -0.2) is 33.5 Å². The zero-order valence-electron chi connectivity index (χ0n) is 14.6. The molecule has 1 unspecified atom stereocenters. The average Bonchev–Trinajstić information content (AvgIpc) is 2.94. The molecule has 1 heterocycles. The number of hydrogen-bond donors (Lipinski definition) is 1. The molecule has 7 heteroatoms.